The van der Waals surface area contributed by atoms with Crippen molar-refractivity contribution in [3.63, 3.8) is 0 Å². The van der Waals surface area contributed by atoms with E-state index in [4.69, 9.17) is 11.6 Å². The molecule has 0 bridgehead atoms. The molecule has 1 aliphatic heterocycles. The number of hydrogen-bond acceptors (Lipinski definition) is 3. The van der Waals surface area contributed by atoms with Crippen LogP contribution < -0.4 is 10.6 Å². The van der Waals surface area contributed by atoms with Crippen LogP contribution in [0.1, 0.15) is 17.5 Å². The number of carbonyl (C=O) groups is 1. The van der Waals surface area contributed by atoms with Crippen LogP contribution in [-0.2, 0) is 17.9 Å². The van der Waals surface area contributed by atoms with Crippen molar-refractivity contribution < 1.29 is 9.18 Å². The van der Waals surface area contributed by atoms with Gasteiger partial charge in [-0.2, -0.15) is 0 Å². The molecule has 1 saturated heterocycles. The maximum Gasteiger partial charge on any atom is 0.237 e. The Morgan fingerprint density at radius 3 is 2.69 bits per heavy atom. The van der Waals surface area contributed by atoms with Gasteiger partial charge in [0.05, 0.1) is 6.04 Å². The third-order valence-corrected chi connectivity index (χ3v) is 4.97. The van der Waals surface area contributed by atoms with E-state index in [-0.39, 0.29) is 23.8 Å². The van der Waals surface area contributed by atoms with Crippen molar-refractivity contribution >= 4 is 17.5 Å². The summed E-state index contributed by atoms with van der Waals surface area (Å²) in [5, 5.41) is 6.94. The molecule has 1 amide bonds. The number of likely N-dealkylation sites (tertiary alicyclic amines) is 1. The van der Waals surface area contributed by atoms with Crippen molar-refractivity contribution in [2.75, 3.05) is 13.6 Å². The molecule has 26 heavy (non-hydrogen) atoms. The van der Waals surface area contributed by atoms with Crippen LogP contribution in [0.3, 0.4) is 0 Å². The van der Waals surface area contributed by atoms with Crippen LogP contribution >= 0.6 is 11.6 Å². The van der Waals surface area contributed by atoms with Crippen molar-refractivity contribution in [1.82, 2.24) is 15.5 Å². The summed E-state index contributed by atoms with van der Waals surface area (Å²) >= 11 is 6.08. The van der Waals surface area contributed by atoms with E-state index >= 15 is 0 Å². The fourth-order valence-electron chi connectivity index (χ4n) is 3.40. The lowest BCUT2D eigenvalue weighted by Gasteiger charge is -2.23. The second-order valence-electron chi connectivity index (χ2n) is 6.63. The molecule has 1 heterocycles. The van der Waals surface area contributed by atoms with Crippen LogP contribution in [-0.4, -0.2) is 36.5 Å². The van der Waals surface area contributed by atoms with Gasteiger partial charge in [0.1, 0.15) is 5.82 Å². The highest BCUT2D eigenvalue weighted by Crippen LogP contribution is 2.22. The fraction of sp³-hybridized carbons (Fsp3) is 0.350. The van der Waals surface area contributed by atoms with Gasteiger partial charge in [-0.25, -0.2) is 4.39 Å². The summed E-state index contributed by atoms with van der Waals surface area (Å²) in [6, 6.07) is 14.2. The molecule has 2 aromatic carbocycles. The SMILES string of the molecule is CNC(=O)[C@@H]1C[C@@H](NCc2ccc(F)cc2)CN1Cc1cccc(Cl)c1. The van der Waals surface area contributed by atoms with Gasteiger partial charge < -0.3 is 10.6 Å². The monoisotopic (exact) mass is 375 g/mol. The number of nitrogens with one attached hydrogen (secondary N) is 2. The Morgan fingerprint density at radius 2 is 2.00 bits per heavy atom. The molecule has 2 atom stereocenters. The topological polar surface area (TPSA) is 44.4 Å². The molecule has 2 N–H and O–H groups in total. The molecule has 2 aromatic rings. The molecule has 0 unspecified atom stereocenters. The second kappa shape index (κ2) is 8.62. The molecule has 0 spiro atoms. The highest BCUT2D eigenvalue weighted by molar-refractivity contribution is 6.30. The molecule has 1 fully saturated rings. The minimum Gasteiger partial charge on any atom is -0.358 e. The minimum absolute atomic E-state index is 0.0260. The Hall–Kier alpha value is -1.95. The molecule has 0 aromatic heterocycles. The summed E-state index contributed by atoms with van der Waals surface area (Å²) in [7, 11) is 1.67. The van der Waals surface area contributed by atoms with Crippen LogP contribution in [0, 0.1) is 5.82 Å². The lowest BCUT2D eigenvalue weighted by Crippen LogP contribution is -2.41. The summed E-state index contributed by atoms with van der Waals surface area (Å²) in [4.78, 5) is 14.5. The maximum atomic E-state index is 13.0. The van der Waals surface area contributed by atoms with E-state index in [9.17, 15) is 9.18 Å². The molecule has 6 heteroatoms. The van der Waals surface area contributed by atoms with E-state index in [1.807, 2.05) is 24.3 Å². The standard InChI is InChI=1S/C20H23ClFN3O/c1-23-20(26)19-10-18(24-11-14-5-7-17(22)8-6-14)13-25(19)12-15-3-2-4-16(21)9-15/h2-9,18-19,24H,10-13H2,1H3,(H,23,26)/t18-,19+/m1/s1. The summed E-state index contributed by atoms with van der Waals surface area (Å²) in [6.07, 6.45) is 0.738. The van der Waals surface area contributed by atoms with Crippen molar-refractivity contribution in [2.24, 2.45) is 0 Å². The maximum absolute atomic E-state index is 13.0. The molecule has 0 aliphatic carbocycles. The van der Waals surface area contributed by atoms with Gasteiger partial charge in [-0.1, -0.05) is 35.9 Å². The van der Waals surface area contributed by atoms with E-state index < -0.39 is 0 Å². The van der Waals surface area contributed by atoms with Gasteiger partial charge in [0.2, 0.25) is 5.91 Å². The molecular weight excluding hydrogens is 353 g/mol. The zero-order valence-electron chi connectivity index (χ0n) is 14.7. The molecule has 3 rings (SSSR count). The van der Waals surface area contributed by atoms with E-state index in [0.29, 0.717) is 18.1 Å². The summed E-state index contributed by atoms with van der Waals surface area (Å²) in [6.45, 7) is 2.09. The zero-order valence-corrected chi connectivity index (χ0v) is 15.5. The first-order valence-electron chi connectivity index (χ1n) is 8.73. The van der Waals surface area contributed by atoms with Crippen LogP contribution in [0.25, 0.3) is 0 Å². The number of hydrogen-bond donors (Lipinski definition) is 2. The first-order chi connectivity index (χ1) is 12.5. The van der Waals surface area contributed by atoms with Crippen molar-refractivity contribution in [1.29, 1.82) is 0 Å². The fourth-order valence-corrected chi connectivity index (χ4v) is 3.61. The molecule has 4 nitrogen and oxygen atoms in total. The Kier molecular flexibility index (Phi) is 6.25. The van der Waals surface area contributed by atoms with E-state index in [0.717, 1.165) is 24.1 Å². The number of nitrogens with zero attached hydrogens (tertiary/aromatic N) is 1. The van der Waals surface area contributed by atoms with Gasteiger partial charge in [0.15, 0.2) is 0 Å². The largest absolute Gasteiger partial charge is 0.358 e. The highest BCUT2D eigenvalue weighted by atomic mass is 35.5. The first-order valence-corrected chi connectivity index (χ1v) is 9.11. The van der Waals surface area contributed by atoms with E-state index in [1.165, 1.54) is 12.1 Å². The van der Waals surface area contributed by atoms with Crippen molar-refractivity contribution in [2.45, 2.75) is 31.6 Å². The Bertz CT molecular complexity index is 753. The summed E-state index contributed by atoms with van der Waals surface area (Å²) < 4.78 is 13.0. The quantitative estimate of drug-likeness (QED) is 0.815. The van der Waals surface area contributed by atoms with Gasteiger partial charge in [-0.05, 0) is 41.8 Å². The number of rotatable bonds is 6. The average Bonchev–Trinajstić information content (AvgIpc) is 3.03. The Labute approximate surface area is 158 Å². The molecular formula is C20H23ClFN3O. The van der Waals surface area contributed by atoms with E-state index in [2.05, 4.69) is 15.5 Å². The second-order valence-corrected chi connectivity index (χ2v) is 7.07. The predicted octanol–water partition coefficient (Wildman–Crippen LogP) is 2.96. The van der Waals surface area contributed by atoms with E-state index in [1.54, 1.807) is 19.2 Å². The van der Waals surface area contributed by atoms with Crippen LogP contribution in [0.4, 0.5) is 4.39 Å². The van der Waals surface area contributed by atoms with Gasteiger partial charge in [-0.15, -0.1) is 0 Å². The Morgan fingerprint density at radius 1 is 1.23 bits per heavy atom. The number of amides is 1. The number of carbonyl (C=O) groups excluding carboxylic acids is 1. The van der Waals surface area contributed by atoms with Crippen LogP contribution in [0.2, 0.25) is 5.02 Å². The van der Waals surface area contributed by atoms with Crippen LogP contribution in [0.5, 0.6) is 0 Å². The van der Waals surface area contributed by atoms with Gasteiger partial charge in [0, 0.05) is 37.7 Å². The highest BCUT2D eigenvalue weighted by Gasteiger charge is 2.36. The van der Waals surface area contributed by atoms with Gasteiger partial charge in [0.25, 0.3) is 0 Å². The molecule has 0 radical (unpaired) electrons. The van der Waals surface area contributed by atoms with Crippen LogP contribution in [0.15, 0.2) is 48.5 Å². The van der Waals surface area contributed by atoms with Crippen molar-refractivity contribution in [3.8, 4) is 0 Å². The summed E-state index contributed by atoms with van der Waals surface area (Å²) in [5.41, 5.74) is 2.11. The molecule has 1 aliphatic rings. The number of benzene rings is 2. The van der Waals surface area contributed by atoms with Crippen molar-refractivity contribution in [3.05, 3.63) is 70.5 Å². The third-order valence-electron chi connectivity index (χ3n) is 4.74. The molecule has 0 saturated carbocycles. The normalized spacial score (nSPS) is 20.3. The lowest BCUT2D eigenvalue weighted by atomic mass is 10.1. The Balaban J connectivity index is 1.64. The summed E-state index contributed by atoms with van der Waals surface area (Å²) in [5.74, 6) is -0.208. The molecule has 138 valence electrons. The zero-order chi connectivity index (χ0) is 18.5. The average molecular weight is 376 g/mol. The number of likely N-dealkylation sites (N-methyl/N-ethyl adjacent to an activating group) is 1. The van der Waals surface area contributed by atoms with Gasteiger partial charge in [-0.3, -0.25) is 9.69 Å². The predicted molar refractivity (Wildman–Crippen MR) is 101 cm³/mol. The first kappa shape index (κ1) is 18.8. The van der Waals surface area contributed by atoms with Gasteiger partial charge >= 0.3 is 0 Å². The lowest BCUT2D eigenvalue weighted by molar-refractivity contribution is -0.125. The minimum atomic E-state index is -0.234. The third kappa shape index (κ3) is 4.81. The smallest absolute Gasteiger partial charge is 0.237 e. The number of halogens is 2.